The zero-order chi connectivity index (χ0) is 18.9. The summed E-state index contributed by atoms with van der Waals surface area (Å²) in [4.78, 5) is 12.4. The number of ether oxygens (including phenoxy) is 3. The first-order valence-electron chi connectivity index (χ1n) is 8.52. The minimum atomic E-state index is -0.768. The van der Waals surface area contributed by atoms with Crippen molar-refractivity contribution in [1.29, 1.82) is 0 Å². The van der Waals surface area contributed by atoms with Gasteiger partial charge in [-0.1, -0.05) is 19.1 Å². The number of hydrogen-bond donors (Lipinski definition) is 1. The number of methoxy groups -OCH3 is 1. The molecule has 6 heteroatoms. The molecule has 0 aliphatic carbocycles. The number of para-hydroxylation sites is 1. The fourth-order valence-electron chi connectivity index (χ4n) is 2.29. The molecule has 2 rings (SSSR count). The van der Waals surface area contributed by atoms with Crippen LogP contribution >= 0.6 is 0 Å². The molecule has 2 aromatic rings. The van der Waals surface area contributed by atoms with Gasteiger partial charge in [-0.15, -0.1) is 0 Å². The van der Waals surface area contributed by atoms with Crippen molar-refractivity contribution in [3.8, 4) is 17.2 Å². The molecule has 0 bridgehead atoms. The van der Waals surface area contributed by atoms with Crippen LogP contribution in [0.3, 0.4) is 0 Å². The average Bonchev–Trinajstić information content (AvgIpc) is 2.66. The second-order valence-corrected chi connectivity index (χ2v) is 5.84. The maximum Gasteiger partial charge on any atom is 0.261 e. The standard InChI is InChI=1S/C20H24FNO4/c1-4-18(26-19-8-6-5-7-17(19)21)20(23)22-14(2)13-25-16-11-9-15(24-3)10-12-16/h5-12,14,18H,4,13H2,1-3H3,(H,22,23)/t14-,18+/m0/s1. The molecule has 0 aromatic heterocycles. The highest BCUT2D eigenvalue weighted by atomic mass is 19.1. The number of carbonyl (C=O) groups is 1. The molecule has 0 unspecified atom stereocenters. The van der Waals surface area contributed by atoms with Crippen molar-refractivity contribution >= 4 is 5.91 Å². The van der Waals surface area contributed by atoms with E-state index in [2.05, 4.69) is 5.32 Å². The van der Waals surface area contributed by atoms with Gasteiger partial charge >= 0.3 is 0 Å². The Hall–Kier alpha value is -2.76. The maximum absolute atomic E-state index is 13.7. The van der Waals surface area contributed by atoms with Crippen LogP contribution in [0.5, 0.6) is 17.2 Å². The molecule has 0 saturated carbocycles. The van der Waals surface area contributed by atoms with E-state index in [-0.39, 0.29) is 17.7 Å². The molecule has 0 heterocycles. The molecule has 5 nitrogen and oxygen atoms in total. The quantitative estimate of drug-likeness (QED) is 0.742. The Morgan fingerprint density at radius 1 is 1.12 bits per heavy atom. The molecule has 0 spiro atoms. The van der Waals surface area contributed by atoms with E-state index in [4.69, 9.17) is 14.2 Å². The van der Waals surface area contributed by atoms with Crippen LogP contribution in [-0.4, -0.2) is 31.8 Å². The number of hydrogen-bond acceptors (Lipinski definition) is 4. The van der Waals surface area contributed by atoms with E-state index in [0.717, 1.165) is 5.75 Å². The highest BCUT2D eigenvalue weighted by Gasteiger charge is 2.21. The predicted molar refractivity (Wildman–Crippen MR) is 97.2 cm³/mol. The zero-order valence-electron chi connectivity index (χ0n) is 15.2. The summed E-state index contributed by atoms with van der Waals surface area (Å²) in [5, 5.41) is 2.83. The Labute approximate surface area is 153 Å². The summed E-state index contributed by atoms with van der Waals surface area (Å²) in [6, 6.07) is 13.0. The Morgan fingerprint density at radius 3 is 2.38 bits per heavy atom. The van der Waals surface area contributed by atoms with Gasteiger partial charge in [0.15, 0.2) is 17.7 Å². The van der Waals surface area contributed by atoms with E-state index < -0.39 is 11.9 Å². The van der Waals surface area contributed by atoms with Crippen LogP contribution in [0.1, 0.15) is 20.3 Å². The molecule has 2 aromatic carbocycles. The SMILES string of the molecule is CC[C@@H](Oc1ccccc1F)C(=O)N[C@@H](C)COc1ccc(OC)cc1. The predicted octanol–water partition coefficient (Wildman–Crippen LogP) is 3.58. The van der Waals surface area contributed by atoms with Crippen molar-refractivity contribution in [2.45, 2.75) is 32.4 Å². The molecule has 2 atom stereocenters. The number of nitrogens with one attached hydrogen (secondary N) is 1. The Morgan fingerprint density at radius 2 is 1.77 bits per heavy atom. The number of halogens is 1. The van der Waals surface area contributed by atoms with Crippen LogP contribution in [0.2, 0.25) is 0 Å². The lowest BCUT2D eigenvalue weighted by atomic mass is 10.2. The minimum Gasteiger partial charge on any atom is -0.497 e. The van der Waals surface area contributed by atoms with Gasteiger partial charge in [-0.3, -0.25) is 4.79 Å². The molecule has 1 N–H and O–H groups in total. The second-order valence-electron chi connectivity index (χ2n) is 5.84. The van der Waals surface area contributed by atoms with Crippen molar-refractivity contribution in [2.75, 3.05) is 13.7 Å². The molecule has 140 valence electrons. The van der Waals surface area contributed by atoms with E-state index in [0.29, 0.717) is 18.8 Å². The van der Waals surface area contributed by atoms with E-state index in [1.165, 1.54) is 12.1 Å². The first kappa shape index (κ1) is 19.6. The average molecular weight is 361 g/mol. The van der Waals surface area contributed by atoms with Crippen molar-refractivity contribution in [3.05, 3.63) is 54.3 Å². The van der Waals surface area contributed by atoms with Gasteiger partial charge in [0.25, 0.3) is 5.91 Å². The summed E-state index contributed by atoms with van der Waals surface area (Å²) < 4.78 is 29.9. The first-order chi connectivity index (χ1) is 12.5. The van der Waals surface area contributed by atoms with Crippen LogP contribution in [-0.2, 0) is 4.79 Å². The van der Waals surface area contributed by atoms with Crippen LogP contribution in [0.25, 0.3) is 0 Å². The van der Waals surface area contributed by atoms with Crippen LogP contribution in [0, 0.1) is 5.82 Å². The number of amides is 1. The topological polar surface area (TPSA) is 56.8 Å². The fraction of sp³-hybridized carbons (Fsp3) is 0.350. The molecule has 0 aliphatic rings. The van der Waals surface area contributed by atoms with Gasteiger partial charge in [-0.05, 0) is 49.7 Å². The summed E-state index contributed by atoms with van der Waals surface area (Å²) in [7, 11) is 1.60. The third-order valence-corrected chi connectivity index (χ3v) is 3.72. The van der Waals surface area contributed by atoms with Gasteiger partial charge in [0.1, 0.15) is 18.1 Å². The van der Waals surface area contributed by atoms with Crippen molar-refractivity contribution in [2.24, 2.45) is 0 Å². The fourth-order valence-corrected chi connectivity index (χ4v) is 2.29. The molecule has 26 heavy (non-hydrogen) atoms. The second kappa shape index (κ2) is 9.65. The number of benzene rings is 2. The molecule has 1 amide bonds. The molecular weight excluding hydrogens is 337 g/mol. The van der Waals surface area contributed by atoms with Gasteiger partial charge in [-0.2, -0.15) is 0 Å². The van der Waals surface area contributed by atoms with Gasteiger partial charge in [0.2, 0.25) is 0 Å². The van der Waals surface area contributed by atoms with Crippen LogP contribution < -0.4 is 19.5 Å². The molecule has 0 aliphatic heterocycles. The summed E-state index contributed by atoms with van der Waals surface area (Å²) in [5.41, 5.74) is 0. The molecule has 0 fully saturated rings. The van der Waals surface area contributed by atoms with Gasteiger partial charge in [0.05, 0.1) is 13.2 Å². The highest BCUT2D eigenvalue weighted by molar-refractivity contribution is 5.81. The van der Waals surface area contributed by atoms with Crippen LogP contribution in [0.4, 0.5) is 4.39 Å². The monoisotopic (exact) mass is 361 g/mol. The largest absolute Gasteiger partial charge is 0.497 e. The van der Waals surface area contributed by atoms with Gasteiger partial charge in [-0.25, -0.2) is 4.39 Å². The first-order valence-corrected chi connectivity index (χ1v) is 8.52. The van der Waals surface area contributed by atoms with E-state index in [1.54, 1.807) is 43.5 Å². The number of rotatable bonds is 9. The van der Waals surface area contributed by atoms with Crippen LogP contribution in [0.15, 0.2) is 48.5 Å². The van der Waals surface area contributed by atoms with Gasteiger partial charge < -0.3 is 19.5 Å². The zero-order valence-corrected chi connectivity index (χ0v) is 15.2. The Bertz CT molecular complexity index is 705. The third-order valence-electron chi connectivity index (χ3n) is 3.72. The minimum absolute atomic E-state index is 0.0663. The third kappa shape index (κ3) is 5.65. The summed E-state index contributed by atoms with van der Waals surface area (Å²) in [6.07, 6.45) is -0.345. The molecule has 0 radical (unpaired) electrons. The summed E-state index contributed by atoms with van der Waals surface area (Å²) in [5.74, 6) is 0.698. The highest BCUT2D eigenvalue weighted by Crippen LogP contribution is 2.19. The molecular formula is C20H24FNO4. The lowest BCUT2D eigenvalue weighted by Gasteiger charge is -2.21. The molecule has 0 saturated heterocycles. The normalized spacial score (nSPS) is 12.8. The van der Waals surface area contributed by atoms with E-state index >= 15 is 0 Å². The Kier molecular flexibility index (Phi) is 7.26. The smallest absolute Gasteiger partial charge is 0.261 e. The Balaban J connectivity index is 1.84. The lowest BCUT2D eigenvalue weighted by molar-refractivity contribution is -0.129. The number of carbonyl (C=O) groups excluding carboxylic acids is 1. The van der Waals surface area contributed by atoms with Crippen molar-refractivity contribution in [1.82, 2.24) is 5.32 Å². The summed E-state index contributed by atoms with van der Waals surface area (Å²) >= 11 is 0. The lowest BCUT2D eigenvalue weighted by Crippen LogP contribution is -2.44. The summed E-state index contributed by atoms with van der Waals surface area (Å²) in [6.45, 7) is 3.94. The van der Waals surface area contributed by atoms with Crippen molar-refractivity contribution in [3.63, 3.8) is 0 Å². The maximum atomic E-state index is 13.7. The van der Waals surface area contributed by atoms with Gasteiger partial charge in [0, 0.05) is 0 Å². The van der Waals surface area contributed by atoms with E-state index in [1.807, 2.05) is 13.8 Å². The van der Waals surface area contributed by atoms with E-state index in [9.17, 15) is 9.18 Å². The van der Waals surface area contributed by atoms with Crippen molar-refractivity contribution < 1.29 is 23.4 Å².